The number of anilines is 1. The fourth-order valence-electron chi connectivity index (χ4n) is 4.68. The Hall–Kier alpha value is -3.72. The van der Waals surface area contributed by atoms with Gasteiger partial charge in [0.15, 0.2) is 17.3 Å². The van der Waals surface area contributed by atoms with Crippen LogP contribution in [0.5, 0.6) is 17.2 Å². The molecule has 2 aromatic rings. The first-order valence-electron chi connectivity index (χ1n) is 13.5. The van der Waals surface area contributed by atoms with E-state index in [-0.39, 0.29) is 18.0 Å². The van der Waals surface area contributed by atoms with Gasteiger partial charge in [-0.3, -0.25) is 9.69 Å². The number of nitrogens with one attached hydrogen (secondary N) is 1. The van der Waals surface area contributed by atoms with Gasteiger partial charge in [-0.15, -0.1) is 0 Å². The van der Waals surface area contributed by atoms with Gasteiger partial charge in [0.05, 0.1) is 13.2 Å². The highest BCUT2D eigenvalue weighted by atomic mass is 16.6. The molecular formula is C30H37N3O6. The van der Waals surface area contributed by atoms with Crippen LogP contribution in [0.1, 0.15) is 45.1 Å². The third-order valence-corrected chi connectivity index (χ3v) is 6.87. The number of carbonyl (C=O) groups is 2. The first-order valence-corrected chi connectivity index (χ1v) is 13.5. The van der Waals surface area contributed by atoms with Gasteiger partial charge < -0.3 is 29.2 Å². The molecule has 2 fully saturated rings. The Morgan fingerprint density at radius 1 is 1.05 bits per heavy atom. The zero-order valence-corrected chi connectivity index (χ0v) is 23.1. The van der Waals surface area contributed by atoms with Crippen LogP contribution in [0.25, 0.3) is 0 Å². The average Bonchev–Trinajstić information content (AvgIpc) is 3.66. The van der Waals surface area contributed by atoms with E-state index < -0.39 is 5.60 Å². The number of hydrogen-bond acceptors (Lipinski definition) is 7. The van der Waals surface area contributed by atoms with E-state index in [1.54, 1.807) is 24.2 Å². The summed E-state index contributed by atoms with van der Waals surface area (Å²) >= 11 is 0. The molecule has 1 N–H and O–H groups in total. The maximum Gasteiger partial charge on any atom is 0.407 e. The normalized spacial score (nSPS) is 17.9. The SMILES string of the molecule is COc1cc(N2CC=C(Oc3ccc(C4CC4)cc3)C2=O)ccc1OCCN1CC(NC(=O)OC(C)(C)C)C1. The van der Waals surface area contributed by atoms with Gasteiger partial charge in [0.1, 0.15) is 18.0 Å². The van der Waals surface area contributed by atoms with Crippen molar-refractivity contribution in [2.75, 3.05) is 44.8 Å². The Kier molecular flexibility index (Phi) is 7.70. The summed E-state index contributed by atoms with van der Waals surface area (Å²) in [6, 6.07) is 13.6. The van der Waals surface area contributed by atoms with Crippen molar-refractivity contribution in [3.8, 4) is 17.2 Å². The molecule has 2 aromatic carbocycles. The molecule has 2 amide bonds. The Balaban J connectivity index is 1.08. The first kappa shape index (κ1) is 26.9. The highest BCUT2D eigenvalue weighted by Gasteiger charge is 2.30. The molecule has 39 heavy (non-hydrogen) atoms. The van der Waals surface area contributed by atoms with Gasteiger partial charge in [0.2, 0.25) is 0 Å². The number of amides is 2. The minimum absolute atomic E-state index is 0.0799. The highest BCUT2D eigenvalue weighted by molar-refractivity contribution is 6.07. The molecule has 2 heterocycles. The molecule has 0 bridgehead atoms. The Bertz CT molecular complexity index is 1230. The van der Waals surface area contributed by atoms with Crippen LogP contribution in [0.15, 0.2) is 54.3 Å². The molecule has 9 nitrogen and oxygen atoms in total. The van der Waals surface area contributed by atoms with Gasteiger partial charge in [0.25, 0.3) is 5.91 Å². The standard InChI is InChI=1S/C30H37N3O6/c1-30(2,3)39-29(35)31-22-18-32(19-22)15-16-37-25-12-9-23(17-27(25)36-4)33-14-13-26(28(33)34)38-24-10-7-21(8-11-24)20-5-6-20/h7-13,17,20,22H,5-6,14-16,18-19H2,1-4H3,(H,31,35). The van der Waals surface area contributed by atoms with Crippen LogP contribution in [-0.2, 0) is 9.53 Å². The molecule has 1 saturated carbocycles. The van der Waals surface area contributed by atoms with Gasteiger partial charge in [-0.05, 0) is 75.4 Å². The number of alkyl carbamates (subject to hydrolysis) is 1. The third kappa shape index (κ3) is 6.84. The van der Waals surface area contributed by atoms with E-state index in [0.29, 0.717) is 54.3 Å². The molecule has 5 rings (SSSR count). The molecule has 2 aliphatic heterocycles. The topological polar surface area (TPSA) is 89.6 Å². The Labute approximate surface area is 229 Å². The molecule has 9 heteroatoms. The number of ether oxygens (including phenoxy) is 4. The Morgan fingerprint density at radius 2 is 1.79 bits per heavy atom. The predicted octanol–water partition coefficient (Wildman–Crippen LogP) is 4.47. The molecule has 0 spiro atoms. The highest BCUT2D eigenvalue weighted by Crippen LogP contribution is 2.40. The second-order valence-corrected chi connectivity index (χ2v) is 11.2. The lowest BCUT2D eigenvalue weighted by Crippen LogP contribution is -2.60. The minimum atomic E-state index is -0.508. The fraction of sp³-hybridized carbons (Fsp3) is 0.467. The zero-order chi connectivity index (χ0) is 27.6. The average molecular weight is 536 g/mol. The second-order valence-electron chi connectivity index (χ2n) is 11.2. The molecular weight excluding hydrogens is 498 g/mol. The zero-order valence-electron chi connectivity index (χ0n) is 23.1. The number of carbonyl (C=O) groups excluding carboxylic acids is 2. The largest absolute Gasteiger partial charge is 0.493 e. The summed E-state index contributed by atoms with van der Waals surface area (Å²) in [6.07, 6.45) is 3.91. The van der Waals surface area contributed by atoms with Crippen LogP contribution < -0.4 is 24.4 Å². The first-order chi connectivity index (χ1) is 18.7. The molecule has 208 valence electrons. The smallest absolute Gasteiger partial charge is 0.407 e. The predicted molar refractivity (Wildman–Crippen MR) is 148 cm³/mol. The summed E-state index contributed by atoms with van der Waals surface area (Å²) in [5.74, 6) is 2.64. The van der Waals surface area contributed by atoms with Crippen LogP contribution in [0, 0.1) is 0 Å². The molecule has 1 aliphatic carbocycles. The quantitative estimate of drug-likeness (QED) is 0.480. The molecule has 1 saturated heterocycles. The van der Waals surface area contributed by atoms with E-state index in [9.17, 15) is 9.59 Å². The van der Waals surface area contributed by atoms with E-state index in [2.05, 4.69) is 22.3 Å². The molecule has 3 aliphatic rings. The molecule has 0 radical (unpaired) electrons. The van der Waals surface area contributed by atoms with Crippen molar-refractivity contribution >= 4 is 17.7 Å². The number of methoxy groups -OCH3 is 1. The lowest BCUT2D eigenvalue weighted by atomic mass is 10.1. The number of likely N-dealkylation sites (tertiary alicyclic amines) is 1. The Morgan fingerprint density at radius 3 is 2.46 bits per heavy atom. The molecule has 0 unspecified atom stereocenters. The van der Waals surface area contributed by atoms with E-state index in [1.807, 2.05) is 45.0 Å². The number of benzene rings is 2. The van der Waals surface area contributed by atoms with E-state index in [4.69, 9.17) is 18.9 Å². The summed E-state index contributed by atoms with van der Waals surface area (Å²) in [4.78, 5) is 28.8. The summed E-state index contributed by atoms with van der Waals surface area (Å²) in [5.41, 5.74) is 1.53. The van der Waals surface area contributed by atoms with Crippen molar-refractivity contribution in [2.24, 2.45) is 0 Å². The maximum atomic E-state index is 13.0. The number of hydrogen-bond donors (Lipinski definition) is 1. The van der Waals surface area contributed by atoms with Gasteiger partial charge >= 0.3 is 6.09 Å². The molecule has 0 aromatic heterocycles. The van der Waals surface area contributed by atoms with Crippen molar-refractivity contribution in [1.29, 1.82) is 0 Å². The lowest BCUT2D eigenvalue weighted by Gasteiger charge is -2.39. The van der Waals surface area contributed by atoms with Gasteiger partial charge in [-0.25, -0.2) is 4.79 Å². The maximum absolute atomic E-state index is 13.0. The van der Waals surface area contributed by atoms with Crippen molar-refractivity contribution in [1.82, 2.24) is 10.2 Å². The minimum Gasteiger partial charge on any atom is -0.493 e. The van der Waals surface area contributed by atoms with Crippen molar-refractivity contribution < 1.29 is 28.5 Å². The summed E-state index contributed by atoms with van der Waals surface area (Å²) in [6.45, 7) is 8.64. The summed E-state index contributed by atoms with van der Waals surface area (Å²) in [7, 11) is 1.58. The van der Waals surface area contributed by atoms with Crippen molar-refractivity contribution in [3.05, 3.63) is 59.9 Å². The van der Waals surface area contributed by atoms with Gasteiger partial charge in [-0.1, -0.05) is 12.1 Å². The van der Waals surface area contributed by atoms with Crippen LogP contribution in [0.4, 0.5) is 10.5 Å². The van der Waals surface area contributed by atoms with E-state index >= 15 is 0 Å². The van der Waals surface area contributed by atoms with E-state index in [1.165, 1.54) is 18.4 Å². The van der Waals surface area contributed by atoms with Crippen LogP contribution in [0.3, 0.4) is 0 Å². The van der Waals surface area contributed by atoms with Crippen LogP contribution in [-0.4, -0.2) is 68.4 Å². The third-order valence-electron chi connectivity index (χ3n) is 6.87. The second kappa shape index (κ2) is 11.2. The van der Waals surface area contributed by atoms with Crippen molar-refractivity contribution in [3.63, 3.8) is 0 Å². The lowest BCUT2D eigenvalue weighted by molar-refractivity contribution is -0.116. The van der Waals surface area contributed by atoms with Gasteiger partial charge in [0, 0.05) is 37.9 Å². The fourth-order valence-corrected chi connectivity index (χ4v) is 4.68. The van der Waals surface area contributed by atoms with Crippen LogP contribution >= 0.6 is 0 Å². The number of rotatable bonds is 10. The van der Waals surface area contributed by atoms with Crippen LogP contribution in [0.2, 0.25) is 0 Å². The summed E-state index contributed by atoms with van der Waals surface area (Å²) in [5, 5.41) is 2.88. The monoisotopic (exact) mass is 535 g/mol. The summed E-state index contributed by atoms with van der Waals surface area (Å²) < 4.78 is 22.7. The molecule has 0 atom stereocenters. The van der Waals surface area contributed by atoms with Gasteiger partial charge in [-0.2, -0.15) is 0 Å². The van der Waals surface area contributed by atoms with Crippen molar-refractivity contribution in [2.45, 2.75) is 51.2 Å². The van der Waals surface area contributed by atoms with E-state index in [0.717, 1.165) is 13.1 Å². The number of nitrogens with zero attached hydrogens (tertiary/aromatic N) is 2.